The molecule has 0 aliphatic heterocycles. The average molecular weight is 369 g/mol. The standard InChI is InChI=1S/C20H17F2N3O2/c1-27-16-6-2-13(3-7-16)11-23-15-5-9-19(24-12-15)20(26)25-18-8-4-14(21)10-17(18)22/h2-10,12,23H,11H2,1H3,(H,25,26). The molecular weight excluding hydrogens is 352 g/mol. The van der Waals surface area contributed by atoms with Crippen molar-refractivity contribution in [3.63, 3.8) is 0 Å². The highest BCUT2D eigenvalue weighted by Crippen LogP contribution is 2.17. The second-order valence-corrected chi connectivity index (χ2v) is 5.71. The smallest absolute Gasteiger partial charge is 0.274 e. The summed E-state index contributed by atoms with van der Waals surface area (Å²) >= 11 is 0. The van der Waals surface area contributed by atoms with Crippen LogP contribution in [0.1, 0.15) is 16.1 Å². The van der Waals surface area contributed by atoms with E-state index < -0.39 is 17.5 Å². The van der Waals surface area contributed by atoms with Gasteiger partial charge in [0, 0.05) is 12.6 Å². The van der Waals surface area contributed by atoms with E-state index in [2.05, 4.69) is 15.6 Å². The first-order valence-electron chi connectivity index (χ1n) is 8.14. The molecule has 1 amide bonds. The van der Waals surface area contributed by atoms with Gasteiger partial charge < -0.3 is 15.4 Å². The van der Waals surface area contributed by atoms with Crippen molar-refractivity contribution in [2.24, 2.45) is 0 Å². The molecule has 0 bridgehead atoms. The molecule has 7 heteroatoms. The van der Waals surface area contributed by atoms with E-state index in [9.17, 15) is 13.6 Å². The maximum atomic E-state index is 13.6. The second kappa shape index (κ2) is 8.27. The third kappa shape index (κ3) is 4.78. The van der Waals surface area contributed by atoms with E-state index >= 15 is 0 Å². The quantitative estimate of drug-likeness (QED) is 0.682. The lowest BCUT2D eigenvalue weighted by atomic mass is 10.2. The SMILES string of the molecule is COc1ccc(CNc2ccc(C(=O)Nc3ccc(F)cc3F)nc2)cc1. The molecule has 0 atom stereocenters. The molecule has 0 unspecified atom stereocenters. The van der Waals surface area contributed by atoms with Crippen molar-refractivity contribution in [3.05, 3.63) is 83.7 Å². The minimum absolute atomic E-state index is 0.107. The minimum atomic E-state index is -0.846. The topological polar surface area (TPSA) is 63.2 Å². The summed E-state index contributed by atoms with van der Waals surface area (Å²) in [5.41, 5.74) is 1.80. The third-order valence-corrected chi connectivity index (χ3v) is 3.83. The van der Waals surface area contributed by atoms with Gasteiger partial charge in [0.25, 0.3) is 5.91 Å². The maximum absolute atomic E-state index is 13.6. The molecule has 5 nitrogen and oxygen atoms in total. The van der Waals surface area contributed by atoms with Crippen LogP contribution >= 0.6 is 0 Å². The molecule has 0 aliphatic carbocycles. The Morgan fingerprint density at radius 1 is 1.07 bits per heavy atom. The number of carbonyl (C=O) groups is 1. The monoisotopic (exact) mass is 369 g/mol. The molecule has 2 N–H and O–H groups in total. The zero-order valence-electron chi connectivity index (χ0n) is 14.5. The molecule has 3 rings (SSSR count). The van der Waals surface area contributed by atoms with E-state index in [4.69, 9.17) is 4.74 Å². The first kappa shape index (κ1) is 18.3. The number of methoxy groups -OCH3 is 1. The summed E-state index contributed by atoms with van der Waals surface area (Å²) in [6.07, 6.45) is 1.51. The normalized spacial score (nSPS) is 10.3. The highest BCUT2D eigenvalue weighted by Gasteiger charge is 2.11. The van der Waals surface area contributed by atoms with Crippen LogP contribution in [0.4, 0.5) is 20.2 Å². The maximum Gasteiger partial charge on any atom is 0.274 e. The molecule has 2 aromatic carbocycles. The van der Waals surface area contributed by atoms with Crippen LogP contribution in [0, 0.1) is 11.6 Å². The summed E-state index contributed by atoms with van der Waals surface area (Å²) in [6, 6.07) is 13.8. The lowest BCUT2D eigenvalue weighted by Crippen LogP contribution is -2.14. The Kier molecular flexibility index (Phi) is 5.61. The lowest BCUT2D eigenvalue weighted by molar-refractivity contribution is 0.102. The summed E-state index contributed by atoms with van der Waals surface area (Å²) in [7, 11) is 1.61. The molecule has 27 heavy (non-hydrogen) atoms. The molecule has 0 radical (unpaired) electrons. The van der Waals surface area contributed by atoms with Gasteiger partial charge in [-0.2, -0.15) is 0 Å². The summed E-state index contributed by atoms with van der Waals surface area (Å²) in [5.74, 6) is -1.35. The minimum Gasteiger partial charge on any atom is -0.497 e. The number of benzene rings is 2. The van der Waals surface area contributed by atoms with E-state index in [-0.39, 0.29) is 11.4 Å². The number of carbonyl (C=O) groups excluding carboxylic acids is 1. The van der Waals surface area contributed by atoms with Crippen molar-refractivity contribution >= 4 is 17.3 Å². The Morgan fingerprint density at radius 2 is 1.85 bits per heavy atom. The Morgan fingerprint density at radius 3 is 2.48 bits per heavy atom. The number of hydrogen-bond acceptors (Lipinski definition) is 4. The number of nitrogens with one attached hydrogen (secondary N) is 2. The zero-order chi connectivity index (χ0) is 19.2. The van der Waals surface area contributed by atoms with Crippen molar-refractivity contribution in [1.82, 2.24) is 4.98 Å². The van der Waals surface area contributed by atoms with Crippen LogP contribution in [0.25, 0.3) is 0 Å². The fourth-order valence-corrected chi connectivity index (χ4v) is 2.36. The predicted molar refractivity (Wildman–Crippen MR) is 98.9 cm³/mol. The molecule has 138 valence electrons. The van der Waals surface area contributed by atoms with Crippen LogP contribution in [0.3, 0.4) is 0 Å². The summed E-state index contributed by atoms with van der Waals surface area (Å²) in [5, 5.41) is 5.56. The number of ether oxygens (including phenoxy) is 1. The van der Waals surface area contributed by atoms with Gasteiger partial charge in [-0.05, 0) is 42.0 Å². The van der Waals surface area contributed by atoms with Crippen LogP contribution in [0.15, 0.2) is 60.8 Å². The largest absolute Gasteiger partial charge is 0.497 e. The molecule has 0 saturated carbocycles. The molecule has 1 heterocycles. The fourth-order valence-electron chi connectivity index (χ4n) is 2.36. The van der Waals surface area contributed by atoms with E-state index in [1.807, 2.05) is 24.3 Å². The van der Waals surface area contributed by atoms with Gasteiger partial charge in [-0.1, -0.05) is 12.1 Å². The van der Waals surface area contributed by atoms with Gasteiger partial charge in [0.2, 0.25) is 0 Å². The van der Waals surface area contributed by atoms with Gasteiger partial charge in [0.15, 0.2) is 0 Å². The van der Waals surface area contributed by atoms with Crippen LogP contribution in [-0.4, -0.2) is 18.0 Å². The van der Waals surface area contributed by atoms with Crippen molar-refractivity contribution in [3.8, 4) is 5.75 Å². The molecule has 0 spiro atoms. The van der Waals surface area contributed by atoms with Gasteiger partial charge in [-0.15, -0.1) is 0 Å². The van der Waals surface area contributed by atoms with Crippen molar-refractivity contribution in [1.29, 1.82) is 0 Å². The molecular formula is C20H17F2N3O2. The highest BCUT2D eigenvalue weighted by atomic mass is 19.1. The van der Waals surface area contributed by atoms with E-state index in [0.717, 1.165) is 29.1 Å². The predicted octanol–water partition coefficient (Wildman–Crippen LogP) is 4.23. The summed E-state index contributed by atoms with van der Waals surface area (Å²) in [6.45, 7) is 0.581. The first-order chi connectivity index (χ1) is 13.0. The van der Waals surface area contributed by atoms with Crippen molar-refractivity contribution in [2.45, 2.75) is 6.54 Å². The number of anilines is 2. The molecule has 0 fully saturated rings. The van der Waals surface area contributed by atoms with Gasteiger partial charge in [-0.25, -0.2) is 13.8 Å². The van der Waals surface area contributed by atoms with E-state index in [0.29, 0.717) is 12.6 Å². The van der Waals surface area contributed by atoms with Crippen LogP contribution in [0.5, 0.6) is 5.75 Å². The summed E-state index contributed by atoms with van der Waals surface area (Å²) < 4.78 is 31.6. The number of hydrogen-bond donors (Lipinski definition) is 2. The molecule has 0 aliphatic rings. The van der Waals surface area contributed by atoms with Gasteiger partial charge >= 0.3 is 0 Å². The number of nitrogens with zero attached hydrogens (tertiary/aromatic N) is 1. The highest BCUT2D eigenvalue weighted by molar-refractivity contribution is 6.03. The molecule has 0 saturated heterocycles. The number of aromatic nitrogens is 1. The fraction of sp³-hybridized carbons (Fsp3) is 0.100. The Balaban J connectivity index is 1.59. The third-order valence-electron chi connectivity index (χ3n) is 3.83. The zero-order valence-corrected chi connectivity index (χ0v) is 14.5. The second-order valence-electron chi connectivity index (χ2n) is 5.71. The number of halogens is 2. The Hall–Kier alpha value is -3.48. The van der Waals surface area contributed by atoms with Crippen LogP contribution in [0.2, 0.25) is 0 Å². The number of pyridine rings is 1. The Labute approximate surface area is 155 Å². The number of rotatable bonds is 6. The van der Waals surface area contributed by atoms with Gasteiger partial charge in [0.1, 0.15) is 23.1 Å². The van der Waals surface area contributed by atoms with Crippen molar-refractivity contribution < 1.29 is 18.3 Å². The number of amides is 1. The van der Waals surface area contributed by atoms with Crippen molar-refractivity contribution in [2.75, 3.05) is 17.7 Å². The van der Waals surface area contributed by atoms with E-state index in [1.165, 1.54) is 12.3 Å². The van der Waals surface area contributed by atoms with Crippen LogP contribution < -0.4 is 15.4 Å². The summed E-state index contributed by atoms with van der Waals surface area (Å²) in [4.78, 5) is 16.2. The lowest BCUT2D eigenvalue weighted by Gasteiger charge is -2.09. The molecule has 3 aromatic rings. The first-order valence-corrected chi connectivity index (χ1v) is 8.14. The van der Waals surface area contributed by atoms with Crippen LogP contribution in [-0.2, 0) is 6.54 Å². The van der Waals surface area contributed by atoms with Gasteiger partial charge in [-0.3, -0.25) is 4.79 Å². The molecule has 1 aromatic heterocycles. The van der Waals surface area contributed by atoms with E-state index in [1.54, 1.807) is 13.2 Å². The Bertz CT molecular complexity index is 929. The average Bonchev–Trinajstić information content (AvgIpc) is 2.69. The van der Waals surface area contributed by atoms with Gasteiger partial charge in [0.05, 0.1) is 24.7 Å².